The number of primary amides is 1. The Morgan fingerprint density at radius 3 is 2.00 bits per heavy atom. The molecule has 0 heterocycles. The molecule has 0 unspecified atom stereocenters. The lowest BCUT2D eigenvalue weighted by molar-refractivity contribution is -0.120. The van der Waals surface area contributed by atoms with E-state index in [1.807, 2.05) is 60.7 Å². The number of hydrogen-bond acceptors (Lipinski definition) is 4. The Balaban J connectivity index is 2.08. The van der Waals surface area contributed by atoms with Gasteiger partial charge in [-0.25, -0.2) is 4.79 Å². The fraction of sp³-hybridized carbons (Fsp3) is 0.333. The third-order valence-corrected chi connectivity index (χ3v) is 4.23. The van der Waals surface area contributed by atoms with Crippen molar-refractivity contribution in [3.63, 3.8) is 0 Å². The highest BCUT2D eigenvalue weighted by atomic mass is 16.6. The molecular formula is C21H26N2O4. The second-order valence-corrected chi connectivity index (χ2v) is 6.56. The summed E-state index contributed by atoms with van der Waals surface area (Å²) in [6, 6.07) is 18.8. The summed E-state index contributed by atoms with van der Waals surface area (Å²) in [6.45, 7) is 1.44. The SMILES string of the molecule is CC(=O)N[C@@H](Cc1ccccc1)C[C@@H](O)[C@H](Cc1ccccc1)OC(N)=O. The minimum atomic E-state index is -0.974. The number of nitrogens with two attached hydrogens (primary N) is 1. The molecule has 144 valence electrons. The molecule has 0 saturated heterocycles. The summed E-state index contributed by atoms with van der Waals surface area (Å²) in [7, 11) is 0. The Labute approximate surface area is 159 Å². The second kappa shape index (κ2) is 10.3. The number of aliphatic hydroxyl groups excluding tert-OH is 1. The quantitative estimate of drug-likeness (QED) is 0.630. The third kappa shape index (κ3) is 7.50. The Hall–Kier alpha value is -2.86. The zero-order valence-electron chi connectivity index (χ0n) is 15.4. The first kappa shape index (κ1) is 20.5. The standard InChI is InChI=1S/C21H26N2O4/c1-15(24)23-18(12-16-8-4-2-5-9-16)14-19(25)20(27-21(22)26)13-17-10-6-3-7-11-17/h2-11,18-20,25H,12-14H2,1H3,(H2,22,26)(H,23,24)/t18-,19+,20-/m0/s1. The second-order valence-electron chi connectivity index (χ2n) is 6.56. The van der Waals surface area contributed by atoms with Crippen LogP contribution in [0.25, 0.3) is 0 Å². The molecule has 27 heavy (non-hydrogen) atoms. The predicted molar refractivity (Wildman–Crippen MR) is 103 cm³/mol. The molecule has 0 radical (unpaired) electrons. The van der Waals surface area contributed by atoms with Gasteiger partial charge in [-0.15, -0.1) is 0 Å². The van der Waals surface area contributed by atoms with Gasteiger partial charge in [0.05, 0.1) is 6.10 Å². The van der Waals surface area contributed by atoms with Gasteiger partial charge in [-0.2, -0.15) is 0 Å². The summed E-state index contributed by atoms with van der Waals surface area (Å²) in [4.78, 5) is 22.8. The number of benzene rings is 2. The summed E-state index contributed by atoms with van der Waals surface area (Å²) in [5.74, 6) is -0.182. The van der Waals surface area contributed by atoms with Gasteiger partial charge in [0.1, 0.15) is 6.10 Å². The Morgan fingerprint density at radius 1 is 1.00 bits per heavy atom. The van der Waals surface area contributed by atoms with E-state index in [-0.39, 0.29) is 18.4 Å². The number of aliphatic hydroxyl groups is 1. The third-order valence-electron chi connectivity index (χ3n) is 4.23. The lowest BCUT2D eigenvalue weighted by Crippen LogP contribution is -2.43. The molecule has 2 rings (SSSR count). The van der Waals surface area contributed by atoms with Crippen molar-refractivity contribution in [1.82, 2.24) is 5.32 Å². The first-order chi connectivity index (χ1) is 12.9. The molecule has 6 nitrogen and oxygen atoms in total. The monoisotopic (exact) mass is 370 g/mol. The first-order valence-corrected chi connectivity index (χ1v) is 8.93. The van der Waals surface area contributed by atoms with Crippen molar-refractivity contribution in [3.05, 3.63) is 71.8 Å². The Bertz CT molecular complexity index is 721. The maximum absolute atomic E-state index is 11.6. The summed E-state index contributed by atoms with van der Waals surface area (Å²) in [5.41, 5.74) is 7.14. The van der Waals surface area contributed by atoms with Gasteiger partial charge in [0.15, 0.2) is 0 Å². The lowest BCUT2D eigenvalue weighted by Gasteiger charge is -2.27. The maximum atomic E-state index is 11.6. The number of nitrogens with one attached hydrogen (secondary N) is 1. The highest BCUT2D eigenvalue weighted by molar-refractivity contribution is 5.73. The van der Waals surface area contributed by atoms with Crippen LogP contribution in [0.5, 0.6) is 0 Å². The van der Waals surface area contributed by atoms with Gasteiger partial charge < -0.3 is 20.9 Å². The van der Waals surface area contributed by atoms with E-state index in [0.717, 1.165) is 11.1 Å². The number of ether oxygens (including phenoxy) is 1. The Kier molecular flexibility index (Phi) is 7.82. The highest BCUT2D eigenvalue weighted by Gasteiger charge is 2.26. The lowest BCUT2D eigenvalue weighted by atomic mass is 9.95. The molecule has 0 bridgehead atoms. The average molecular weight is 370 g/mol. The van der Waals surface area contributed by atoms with Gasteiger partial charge in [-0.1, -0.05) is 60.7 Å². The summed E-state index contributed by atoms with van der Waals surface area (Å²) >= 11 is 0. The van der Waals surface area contributed by atoms with Crippen LogP contribution in [0.15, 0.2) is 60.7 Å². The van der Waals surface area contributed by atoms with Gasteiger partial charge >= 0.3 is 6.09 Å². The van der Waals surface area contributed by atoms with Crippen LogP contribution in [0.2, 0.25) is 0 Å². The van der Waals surface area contributed by atoms with Crippen LogP contribution >= 0.6 is 0 Å². The van der Waals surface area contributed by atoms with Gasteiger partial charge in [0.2, 0.25) is 5.91 Å². The van der Waals surface area contributed by atoms with Crippen molar-refractivity contribution in [2.24, 2.45) is 5.73 Å². The fourth-order valence-corrected chi connectivity index (χ4v) is 3.07. The van der Waals surface area contributed by atoms with Crippen LogP contribution < -0.4 is 11.1 Å². The minimum absolute atomic E-state index is 0.182. The fourth-order valence-electron chi connectivity index (χ4n) is 3.07. The molecule has 3 atom stereocenters. The number of rotatable bonds is 9. The topological polar surface area (TPSA) is 102 Å². The van der Waals surface area contributed by atoms with Crippen molar-refractivity contribution < 1.29 is 19.4 Å². The molecule has 2 amide bonds. The smallest absolute Gasteiger partial charge is 0.404 e. The van der Waals surface area contributed by atoms with Crippen LogP contribution in [0.1, 0.15) is 24.5 Å². The Morgan fingerprint density at radius 2 is 1.52 bits per heavy atom. The normalized spacial score (nSPS) is 14.0. The van der Waals surface area contributed by atoms with Crippen LogP contribution in [0.4, 0.5) is 4.79 Å². The molecule has 0 aromatic heterocycles. The molecule has 0 saturated carbocycles. The molecule has 2 aromatic rings. The maximum Gasteiger partial charge on any atom is 0.404 e. The van der Waals surface area contributed by atoms with E-state index in [9.17, 15) is 14.7 Å². The van der Waals surface area contributed by atoms with Crippen LogP contribution in [-0.2, 0) is 22.4 Å². The first-order valence-electron chi connectivity index (χ1n) is 8.93. The molecule has 4 N–H and O–H groups in total. The van der Waals surface area contributed by atoms with Crippen molar-refractivity contribution >= 4 is 12.0 Å². The average Bonchev–Trinajstić information content (AvgIpc) is 2.62. The van der Waals surface area contributed by atoms with Crippen LogP contribution in [-0.4, -0.2) is 35.4 Å². The number of carbonyl (C=O) groups excluding carboxylic acids is 2. The van der Waals surface area contributed by atoms with Crippen LogP contribution in [0.3, 0.4) is 0 Å². The summed E-state index contributed by atoms with van der Waals surface area (Å²) in [5, 5.41) is 13.6. The molecular weight excluding hydrogens is 344 g/mol. The zero-order valence-corrected chi connectivity index (χ0v) is 15.4. The molecule has 0 spiro atoms. The van der Waals surface area contributed by atoms with Crippen molar-refractivity contribution in [2.45, 2.75) is 44.4 Å². The number of amides is 2. The van der Waals surface area contributed by atoms with Crippen molar-refractivity contribution in [2.75, 3.05) is 0 Å². The predicted octanol–water partition coefficient (Wildman–Crippen LogP) is 2.19. The van der Waals surface area contributed by atoms with Crippen molar-refractivity contribution in [3.8, 4) is 0 Å². The van der Waals surface area contributed by atoms with E-state index in [1.165, 1.54) is 6.92 Å². The molecule has 0 aliphatic rings. The highest BCUT2D eigenvalue weighted by Crippen LogP contribution is 2.16. The summed E-state index contributed by atoms with van der Waals surface area (Å²) in [6.07, 6.45) is -1.57. The molecule has 0 aliphatic heterocycles. The van der Waals surface area contributed by atoms with E-state index in [1.54, 1.807) is 0 Å². The van der Waals surface area contributed by atoms with Gasteiger partial charge in [-0.05, 0) is 24.0 Å². The van der Waals surface area contributed by atoms with E-state index in [4.69, 9.17) is 10.5 Å². The number of hydrogen-bond donors (Lipinski definition) is 3. The van der Waals surface area contributed by atoms with E-state index >= 15 is 0 Å². The van der Waals surface area contributed by atoms with E-state index < -0.39 is 18.3 Å². The van der Waals surface area contributed by atoms with E-state index in [0.29, 0.717) is 12.8 Å². The molecule has 6 heteroatoms. The minimum Gasteiger partial charge on any atom is -0.443 e. The van der Waals surface area contributed by atoms with Gasteiger partial charge in [0, 0.05) is 19.4 Å². The largest absolute Gasteiger partial charge is 0.443 e. The molecule has 0 fully saturated rings. The molecule has 2 aromatic carbocycles. The van der Waals surface area contributed by atoms with Gasteiger partial charge in [-0.3, -0.25) is 4.79 Å². The van der Waals surface area contributed by atoms with Gasteiger partial charge in [0.25, 0.3) is 0 Å². The van der Waals surface area contributed by atoms with Crippen molar-refractivity contribution in [1.29, 1.82) is 0 Å². The zero-order chi connectivity index (χ0) is 19.6. The van der Waals surface area contributed by atoms with Crippen LogP contribution in [0, 0.1) is 0 Å². The van der Waals surface area contributed by atoms with E-state index in [2.05, 4.69) is 5.32 Å². The number of carbonyl (C=O) groups is 2. The summed E-state index contributed by atoms with van der Waals surface area (Å²) < 4.78 is 5.15. The molecule has 0 aliphatic carbocycles.